The molecule has 1 aliphatic carbocycles. The lowest BCUT2D eigenvalue weighted by atomic mass is 9.94. The van der Waals surface area contributed by atoms with E-state index in [0.29, 0.717) is 43.3 Å². The summed E-state index contributed by atoms with van der Waals surface area (Å²) in [7, 11) is -3.85. The van der Waals surface area contributed by atoms with Crippen LogP contribution in [0.25, 0.3) is 10.9 Å². The third kappa shape index (κ3) is 4.82. The normalized spacial score (nSPS) is 18.8. The van der Waals surface area contributed by atoms with Gasteiger partial charge in [-0.2, -0.15) is 4.31 Å². The molecule has 204 valence electrons. The number of aromatic nitrogens is 1. The zero-order valence-electron chi connectivity index (χ0n) is 21.9. The van der Waals surface area contributed by atoms with Gasteiger partial charge in [0.05, 0.1) is 16.0 Å². The van der Waals surface area contributed by atoms with E-state index in [1.54, 1.807) is 6.07 Å². The molecule has 1 saturated heterocycles. The molecular formula is C30H33N3O5S. The third-order valence-electron chi connectivity index (χ3n) is 8.58. The third-order valence-corrected chi connectivity index (χ3v) is 10.5. The van der Waals surface area contributed by atoms with E-state index in [4.69, 9.17) is 4.98 Å². The summed E-state index contributed by atoms with van der Waals surface area (Å²) < 4.78 is 28.7. The second-order valence-corrected chi connectivity index (χ2v) is 12.9. The first-order valence-electron chi connectivity index (χ1n) is 13.9. The molecule has 8 nitrogen and oxygen atoms in total. The fourth-order valence-corrected chi connectivity index (χ4v) is 7.92. The second kappa shape index (κ2) is 10.4. The Kier molecular flexibility index (Phi) is 6.89. The summed E-state index contributed by atoms with van der Waals surface area (Å²) in [6.45, 7) is 1.81. The quantitative estimate of drug-likeness (QED) is 0.491. The first kappa shape index (κ1) is 26.0. The Hall–Kier alpha value is -3.30. The van der Waals surface area contributed by atoms with Gasteiger partial charge in [0.1, 0.15) is 0 Å². The van der Waals surface area contributed by atoms with Gasteiger partial charge in [0, 0.05) is 43.2 Å². The van der Waals surface area contributed by atoms with E-state index < -0.39 is 16.0 Å². The number of amides is 1. The molecule has 0 spiro atoms. The van der Waals surface area contributed by atoms with Gasteiger partial charge in [0.2, 0.25) is 15.9 Å². The SMILES string of the molecule is O=C(O)c1c2c(nc3ccc(S(=O)(=O)N4CCC(C(=O)N5CCc6ccccc6C5)CC4)cc13)CCCCC2. The van der Waals surface area contributed by atoms with Crippen molar-refractivity contribution in [1.29, 1.82) is 0 Å². The summed E-state index contributed by atoms with van der Waals surface area (Å²) in [5, 5.41) is 10.5. The lowest BCUT2D eigenvalue weighted by Crippen LogP contribution is -2.45. The predicted octanol–water partition coefficient (Wildman–Crippen LogP) is 4.19. The van der Waals surface area contributed by atoms with Gasteiger partial charge >= 0.3 is 5.97 Å². The van der Waals surface area contributed by atoms with Crippen LogP contribution in [0.5, 0.6) is 0 Å². The molecule has 2 aromatic carbocycles. The van der Waals surface area contributed by atoms with Crippen LogP contribution < -0.4 is 0 Å². The summed E-state index contributed by atoms with van der Waals surface area (Å²) in [4.78, 5) is 32.3. The van der Waals surface area contributed by atoms with Crippen molar-refractivity contribution in [3.8, 4) is 0 Å². The Morgan fingerprint density at radius 2 is 1.64 bits per heavy atom. The van der Waals surface area contributed by atoms with Crippen LogP contribution in [0.4, 0.5) is 0 Å². The van der Waals surface area contributed by atoms with Crippen molar-refractivity contribution >= 4 is 32.8 Å². The molecule has 0 unspecified atom stereocenters. The monoisotopic (exact) mass is 547 g/mol. The van der Waals surface area contributed by atoms with E-state index in [1.165, 1.54) is 27.6 Å². The van der Waals surface area contributed by atoms with Crippen LogP contribution in [-0.2, 0) is 40.6 Å². The smallest absolute Gasteiger partial charge is 0.336 e. The van der Waals surface area contributed by atoms with Crippen LogP contribution in [0.2, 0.25) is 0 Å². The molecule has 9 heteroatoms. The largest absolute Gasteiger partial charge is 0.478 e. The number of hydrogen-bond donors (Lipinski definition) is 1. The Morgan fingerprint density at radius 1 is 0.897 bits per heavy atom. The lowest BCUT2D eigenvalue weighted by Gasteiger charge is -2.35. The molecule has 2 aliphatic heterocycles. The van der Waals surface area contributed by atoms with Crippen molar-refractivity contribution in [1.82, 2.24) is 14.2 Å². The number of aromatic carboxylic acids is 1. The predicted molar refractivity (Wildman–Crippen MR) is 147 cm³/mol. The maximum Gasteiger partial charge on any atom is 0.336 e. The Morgan fingerprint density at radius 3 is 2.41 bits per heavy atom. The Labute approximate surface area is 228 Å². The number of piperidine rings is 1. The average molecular weight is 548 g/mol. The fourth-order valence-electron chi connectivity index (χ4n) is 6.42. The Balaban J connectivity index is 1.21. The number of carbonyl (C=O) groups is 2. The minimum absolute atomic E-state index is 0.0743. The molecular weight excluding hydrogens is 514 g/mol. The molecule has 0 radical (unpaired) electrons. The number of rotatable bonds is 4. The molecule has 1 N–H and O–H groups in total. The molecule has 39 heavy (non-hydrogen) atoms. The van der Waals surface area contributed by atoms with E-state index in [0.717, 1.165) is 43.4 Å². The van der Waals surface area contributed by atoms with Gasteiger partial charge in [-0.05, 0) is 79.8 Å². The number of pyridine rings is 1. The number of hydrogen-bond acceptors (Lipinski definition) is 5. The number of nitrogens with zero attached hydrogens (tertiary/aromatic N) is 3. The summed E-state index contributed by atoms with van der Waals surface area (Å²) >= 11 is 0. The van der Waals surface area contributed by atoms with Crippen molar-refractivity contribution in [3.63, 3.8) is 0 Å². The molecule has 0 saturated carbocycles. The van der Waals surface area contributed by atoms with Crippen molar-refractivity contribution < 1.29 is 23.1 Å². The number of carbonyl (C=O) groups excluding carboxylic acids is 1. The minimum Gasteiger partial charge on any atom is -0.478 e. The second-order valence-electron chi connectivity index (χ2n) is 10.9. The number of aryl methyl sites for hydroxylation is 1. The van der Waals surface area contributed by atoms with Crippen LogP contribution in [0.15, 0.2) is 47.4 Å². The maximum absolute atomic E-state index is 13.6. The van der Waals surface area contributed by atoms with Gasteiger partial charge in [-0.1, -0.05) is 30.7 Å². The molecule has 3 aliphatic rings. The molecule has 3 heterocycles. The topological polar surface area (TPSA) is 108 Å². The zero-order chi connectivity index (χ0) is 27.1. The van der Waals surface area contributed by atoms with Gasteiger partial charge in [-0.3, -0.25) is 9.78 Å². The first-order chi connectivity index (χ1) is 18.8. The maximum atomic E-state index is 13.6. The van der Waals surface area contributed by atoms with E-state index in [9.17, 15) is 23.1 Å². The molecule has 3 aromatic rings. The van der Waals surface area contributed by atoms with Crippen LogP contribution in [0, 0.1) is 5.92 Å². The average Bonchev–Trinajstić information content (AvgIpc) is 3.20. The molecule has 0 bridgehead atoms. The highest BCUT2D eigenvalue weighted by Gasteiger charge is 2.35. The van der Waals surface area contributed by atoms with Crippen molar-refractivity contribution in [2.75, 3.05) is 19.6 Å². The van der Waals surface area contributed by atoms with Crippen LogP contribution >= 0.6 is 0 Å². The summed E-state index contributed by atoms with van der Waals surface area (Å²) in [5.74, 6) is -1.14. The standard InChI is InChI=1S/C30H33N3O5S/c34-29(32-15-12-20-6-4-5-7-22(20)19-32)21-13-16-33(17-14-21)39(37,38)23-10-11-27-25(18-23)28(30(35)36)24-8-2-1-3-9-26(24)31-27/h4-7,10-11,18,21H,1-3,8-9,12-17,19H2,(H,35,36). The highest BCUT2D eigenvalue weighted by atomic mass is 32.2. The zero-order valence-corrected chi connectivity index (χ0v) is 22.8. The Bertz CT molecular complexity index is 1560. The minimum atomic E-state index is -3.85. The summed E-state index contributed by atoms with van der Waals surface area (Å²) in [6, 6.07) is 12.8. The number of carboxylic acids is 1. The van der Waals surface area contributed by atoms with Gasteiger partial charge in [0.15, 0.2) is 0 Å². The number of fused-ring (bicyclic) bond motifs is 3. The molecule has 1 aromatic heterocycles. The number of sulfonamides is 1. The highest BCUT2D eigenvalue weighted by molar-refractivity contribution is 7.89. The molecule has 6 rings (SSSR count). The molecule has 0 atom stereocenters. The number of carboxylic acid groups (broad SMARTS) is 1. The molecule has 1 fully saturated rings. The van der Waals surface area contributed by atoms with E-state index >= 15 is 0 Å². The van der Waals surface area contributed by atoms with Crippen molar-refractivity contribution in [2.24, 2.45) is 5.92 Å². The van der Waals surface area contributed by atoms with Crippen molar-refractivity contribution in [2.45, 2.75) is 62.8 Å². The van der Waals surface area contributed by atoms with Gasteiger partial charge in [-0.25, -0.2) is 13.2 Å². The van der Waals surface area contributed by atoms with E-state index in [2.05, 4.69) is 12.1 Å². The van der Waals surface area contributed by atoms with Gasteiger partial charge in [0.25, 0.3) is 0 Å². The van der Waals surface area contributed by atoms with Crippen LogP contribution in [0.3, 0.4) is 0 Å². The fraction of sp³-hybridized carbons (Fsp3) is 0.433. The van der Waals surface area contributed by atoms with Gasteiger partial charge < -0.3 is 10.0 Å². The lowest BCUT2D eigenvalue weighted by molar-refractivity contribution is -0.137. The highest BCUT2D eigenvalue weighted by Crippen LogP contribution is 2.32. The van der Waals surface area contributed by atoms with Crippen LogP contribution in [0.1, 0.15) is 64.8 Å². The summed E-state index contributed by atoms with van der Waals surface area (Å²) in [6.07, 6.45) is 6.06. The van der Waals surface area contributed by atoms with Crippen LogP contribution in [-0.4, -0.2) is 59.2 Å². The first-order valence-corrected chi connectivity index (χ1v) is 15.3. The van der Waals surface area contributed by atoms with E-state index in [1.807, 2.05) is 17.0 Å². The van der Waals surface area contributed by atoms with Gasteiger partial charge in [-0.15, -0.1) is 0 Å². The molecule has 1 amide bonds. The van der Waals surface area contributed by atoms with E-state index in [-0.39, 0.29) is 35.4 Å². The number of benzene rings is 2. The summed E-state index contributed by atoms with van der Waals surface area (Å²) in [5.41, 5.74) is 4.72. The van der Waals surface area contributed by atoms with Crippen molar-refractivity contribution in [3.05, 3.63) is 70.4 Å².